The van der Waals surface area contributed by atoms with E-state index in [9.17, 15) is 4.79 Å². The zero-order valence-electron chi connectivity index (χ0n) is 7.54. The largest absolute Gasteiger partial charge is 0.514 e. The number of nitrogens with zero attached hydrogens (tertiary/aromatic N) is 1. The Hall–Kier alpha value is -1.29. The SMILES string of the molecule is Cc1ncc(CCl)c2c1OC(=O)OC2. The van der Waals surface area contributed by atoms with Gasteiger partial charge in [-0.05, 0) is 12.5 Å². The minimum atomic E-state index is -0.686. The molecule has 0 N–H and O–H groups in total. The minimum Gasteiger partial charge on any atom is -0.429 e. The van der Waals surface area contributed by atoms with Gasteiger partial charge in [0.25, 0.3) is 0 Å². The number of hydrogen-bond acceptors (Lipinski definition) is 4. The van der Waals surface area contributed by atoms with Crippen LogP contribution in [0.15, 0.2) is 6.20 Å². The molecule has 1 aromatic rings. The van der Waals surface area contributed by atoms with Crippen LogP contribution in [0.2, 0.25) is 0 Å². The lowest BCUT2D eigenvalue weighted by molar-refractivity contribution is 0.0775. The lowest BCUT2D eigenvalue weighted by atomic mass is 10.1. The molecule has 1 aromatic heterocycles. The first kappa shape index (κ1) is 9.27. The molecule has 5 heteroatoms. The maximum atomic E-state index is 10.9. The van der Waals surface area contributed by atoms with Crippen molar-refractivity contribution in [3.05, 3.63) is 23.0 Å². The molecule has 0 bridgehead atoms. The predicted molar refractivity (Wildman–Crippen MR) is 49.3 cm³/mol. The van der Waals surface area contributed by atoms with Gasteiger partial charge in [0.2, 0.25) is 0 Å². The molecule has 2 heterocycles. The van der Waals surface area contributed by atoms with E-state index in [-0.39, 0.29) is 6.61 Å². The molecule has 0 saturated carbocycles. The number of cyclic esters (lactones) is 1. The second-order valence-corrected chi connectivity index (χ2v) is 3.22. The number of carbonyl (C=O) groups excluding carboxylic acids is 1. The summed E-state index contributed by atoms with van der Waals surface area (Å²) in [7, 11) is 0. The van der Waals surface area contributed by atoms with Crippen molar-refractivity contribution in [1.82, 2.24) is 4.98 Å². The Bertz CT molecular complexity index is 392. The highest BCUT2D eigenvalue weighted by atomic mass is 35.5. The van der Waals surface area contributed by atoms with E-state index in [0.717, 1.165) is 11.1 Å². The zero-order valence-corrected chi connectivity index (χ0v) is 8.30. The van der Waals surface area contributed by atoms with Gasteiger partial charge in [-0.1, -0.05) is 0 Å². The maximum absolute atomic E-state index is 10.9. The molecule has 0 unspecified atom stereocenters. The number of ether oxygens (including phenoxy) is 2. The highest BCUT2D eigenvalue weighted by Gasteiger charge is 2.23. The lowest BCUT2D eigenvalue weighted by Gasteiger charge is -2.19. The summed E-state index contributed by atoms with van der Waals surface area (Å²) in [6.07, 6.45) is 0.984. The highest BCUT2D eigenvalue weighted by Crippen LogP contribution is 2.30. The Kier molecular flexibility index (Phi) is 2.29. The van der Waals surface area contributed by atoms with Gasteiger partial charge in [-0.15, -0.1) is 11.6 Å². The minimum absolute atomic E-state index is 0.208. The molecule has 74 valence electrons. The molecule has 0 radical (unpaired) electrons. The molecule has 1 aliphatic rings. The van der Waals surface area contributed by atoms with Crippen molar-refractivity contribution < 1.29 is 14.3 Å². The Balaban J connectivity index is 2.54. The van der Waals surface area contributed by atoms with E-state index >= 15 is 0 Å². The average Bonchev–Trinajstić information content (AvgIpc) is 2.19. The van der Waals surface area contributed by atoms with E-state index in [1.54, 1.807) is 13.1 Å². The molecule has 0 aliphatic carbocycles. The summed E-state index contributed by atoms with van der Waals surface area (Å²) in [6, 6.07) is 0. The molecule has 0 saturated heterocycles. The van der Waals surface area contributed by atoms with E-state index in [1.165, 1.54) is 0 Å². The third kappa shape index (κ3) is 1.42. The van der Waals surface area contributed by atoms with E-state index in [1.807, 2.05) is 0 Å². The van der Waals surface area contributed by atoms with Crippen LogP contribution in [0, 0.1) is 6.92 Å². The summed E-state index contributed by atoms with van der Waals surface area (Å²) in [4.78, 5) is 15.0. The smallest absolute Gasteiger partial charge is 0.429 e. The molecule has 0 aromatic carbocycles. The van der Waals surface area contributed by atoms with Crippen molar-refractivity contribution in [2.75, 3.05) is 0 Å². The second-order valence-electron chi connectivity index (χ2n) is 2.95. The van der Waals surface area contributed by atoms with Crippen molar-refractivity contribution in [3.8, 4) is 5.75 Å². The highest BCUT2D eigenvalue weighted by molar-refractivity contribution is 6.17. The Morgan fingerprint density at radius 2 is 2.43 bits per heavy atom. The first-order valence-corrected chi connectivity index (χ1v) is 4.63. The van der Waals surface area contributed by atoms with Gasteiger partial charge in [0.1, 0.15) is 6.61 Å². The number of fused-ring (bicyclic) bond motifs is 1. The third-order valence-electron chi connectivity index (χ3n) is 2.07. The molecule has 0 atom stereocenters. The quantitative estimate of drug-likeness (QED) is 0.530. The maximum Gasteiger partial charge on any atom is 0.514 e. The van der Waals surface area contributed by atoms with E-state index < -0.39 is 6.16 Å². The Morgan fingerprint density at radius 1 is 1.64 bits per heavy atom. The standard InChI is InChI=1S/C9H8ClNO3/c1-5-8-7(4-13-9(12)14-8)6(2-10)3-11-5/h3H,2,4H2,1H3. The van der Waals surface area contributed by atoms with Crippen LogP contribution in [0.1, 0.15) is 16.8 Å². The monoisotopic (exact) mass is 213 g/mol. The van der Waals surface area contributed by atoms with E-state index in [2.05, 4.69) is 4.98 Å². The number of pyridine rings is 1. The van der Waals surface area contributed by atoms with Crippen molar-refractivity contribution in [2.24, 2.45) is 0 Å². The molecule has 2 rings (SSSR count). The van der Waals surface area contributed by atoms with Crippen LogP contribution in [0.4, 0.5) is 4.79 Å². The third-order valence-corrected chi connectivity index (χ3v) is 2.36. The Labute approximate surface area is 85.8 Å². The van der Waals surface area contributed by atoms with Crippen LogP contribution in [-0.4, -0.2) is 11.1 Å². The molecule has 1 aliphatic heterocycles. The summed E-state index contributed by atoms with van der Waals surface area (Å²) in [6.45, 7) is 1.98. The van der Waals surface area contributed by atoms with Crippen molar-refractivity contribution >= 4 is 17.8 Å². The molecule has 0 spiro atoms. The second kappa shape index (κ2) is 3.46. The number of rotatable bonds is 1. The molecule has 0 amide bonds. The van der Waals surface area contributed by atoms with Gasteiger partial charge in [-0.3, -0.25) is 4.98 Å². The van der Waals surface area contributed by atoms with E-state index in [0.29, 0.717) is 17.3 Å². The molecular formula is C9H8ClNO3. The van der Waals surface area contributed by atoms with Crippen LogP contribution < -0.4 is 4.74 Å². The van der Waals surface area contributed by atoms with Crippen molar-refractivity contribution in [2.45, 2.75) is 19.4 Å². The summed E-state index contributed by atoms with van der Waals surface area (Å²) in [5.74, 6) is 0.815. The van der Waals surface area contributed by atoms with Crippen LogP contribution >= 0.6 is 11.6 Å². The number of aromatic nitrogens is 1. The van der Waals surface area contributed by atoms with Crippen LogP contribution in [0.25, 0.3) is 0 Å². The van der Waals surface area contributed by atoms with Gasteiger partial charge >= 0.3 is 6.16 Å². The number of hydrogen-bond donors (Lipinski definition) is 0. The van der Waals surface area contributed by atoms with Crippen molar-refractivity contribution in [3.63, 3.8) is 0 Å². The van der Waals surface area contributed by atoms with E-state index in [4.69, 9.17) is 21.1 Å². The van der Waals surface area contributed by atoms with Gasteiger partial charge in [-0.25, -0.2) is 4.79 Å². The van der Waals surface area contributed by atoms with Gasteiger partial charge in [0.15, 0.2) is 5.75 Å². The van der Waals surface area contributed by atoms with Crippen molar-refractivity contribution in [1.29, 1.82) is 0 Å². The molecule has 0 fully saturated rings. The number of halogens is 1. The van der Waals surface area contributed by atoms with Gasteiger partial charge in [0, 0.05) is 17.6 Å². The molecular weight excluding hydrogens is 206 g/mol. The van der Waals surface area contributed by atoms with Crippen LogP contribution in [0.3, 0.4) is 0 Å². The fraction of sp³-hybridized carbons (Fsp3) is 0.333. The summed E-state index contributed by atoms with van der Waals surface area (Å²) >= 11 is 5.72. The zero-order chi connectivity index (χ0) is 10.1. The molecule has 14 heavy (non-hydrogen) atoms. The molecule has 4 nitrogen and oxygen atoms in total. The first-order chi connectivity index (χ1) is 6.72. The first-order valence-electron chi connectivity index (χ1n) is 4.10. The van der Waals surface area contributed by atoms with Gasteiger partial charge < -0.3 is 9.47 Å². The van der Waals surface area contributed by atoms with Gasteiger partial charge in [-0.2, -0.15) is 0 Å². The normalized spacial score (nSPS) is 14.3. The lowest BCUT2D eigenvalue weighted by Crippen LogP contribution is -2.19. The average molecular weight is 214 g/mol. The van der Waals surface area contributed by atoms with Crippen LogP contribution in [-0.2, 0) is 17.2 Å². The fourth-order valence-electron chi connectivity index (χ4n) is 1.33. The fourth-order valence-corrected chi connectivity index (χ4v) is 1.56. The number of aryl methyl sites for hydroxylation is 1. The predicted octanol–water partition coefficient (Wildman–Crippen LogP) is 2.16. The summed E-state index contributed by atoms with van der Waals surface area (Å²) < 4.78 is 9.68. The summed E-state index contributed by atoms with van der Waals surface area (Å²) in [5, 5.41) is 0. The number of carbonyl (C=O) groups is 1. The van der Waals surface area contributed by atoms with Gasteiger partial charge in [0.05, 0.1) is 5.69 Å². The Morgan fingerprint density at radius 3 is 3.14 bits per heavy atom. The van der Waals surface area contributed by atoms with Crippen LogP contribution in [0.5, 0.6) is 5.75 Å². The topological polar surface area (TPSA) is 48.4 Å². The summed E-state index contributed by atoms with van der Waals surface area (Å²) in [5.41, 5.74) is 2.32. The number of alkyl halides is 1.